The molecule has 0 bridgehead atoms. The number of methoxy groups -OCH3 is 1. The first kappa shape index (κ1) is 15.3. The van der Waals surface area contributed by atoms with Gasteiger partial charge in [0, 0.05) is 35.5 Å². The van der Waals surface area contributed by atoms with E-state index in [4.69, 9.17) is 4.74 Å². The van der Waals surface area contributed by atoms with Crippen molar-refractivity contribution in [3.8, 4) is 0 Å². The number of rotatable bonds is 9. The Morgan fingerprint density at radius 3 is 2.67 bits per heavy atom. The Hall–Kier alpha value is -0.710. The second kappa shape index (κ2) is 9.25. The molecule has 0 heterocycles. The van der Waals surface area contributed by atoms with Crippen LogP contribution < -0.4 is 5.32 Å². The van der Waals surface area contributed by atoms with E-state index < -0.39 is 10.8 Å². The zero-order valence-electron chi connectivity index (χ0n) is 11.2. The second-order valence-electron chi connectivity index (χ2n) is 4.22. The maximum Gasteiger partial charge on any atom is 0.0577 e. The molecule has 0 aliphatic rings. The van der Waals surface area contributed by atoms with Gasteiger partial charge in [-0.2, -0.15) is 0 Å². The number of nitrogens with one attached hydrogen (secondary N) is 1. The lowest BCUT2D eigenvalue weighted by molar-refractivity contribution is 0.218. The fraction of sp³-hybridized carbons (Fsp3) is 0.571. The number of ether oxygens (including phenoxy) is 1. The van der Waals surface area contributed by atoms with Crippen molar-refractivity contribution >= 4 is 10.8 Å². The molecule has 18 heavy (non-hydrogen) atoms. The van der Waals surface area contributed by atoms with E-state index in [0.717, 1.165) is 13.0 Å². The van der Waals surface area contributed by atoms with Crippen LogP contribution >= 0.6 is 0 Å². The lowest BCUT2D eigenvalue weighted by Crippen LogP contribution is -2.28. The molecule has 3 nitrogen and oxygen atoms in total. The molecule has 1 aromatic rings. The van der Waals surface area contributed by atoms with Gasteiger partial charge in [-0.1, -0.05) is 37.3 Å². The van der Waals surface area contributed by atoms with E-state index in [9.17, 15) is 4.21 Å². The largest absolute Gasteiger partial charge is 0.384 e. The summed E-state index contributed by atoms with van der Waals surface area (Å²) in [6, 6.07) is 10.4. The van der Waals surface area contributed by atoms with Gasteiger partial charge in [-0.25, -0.2) is 0 Å². The minimum Gasteiger partial charge on any atom is -0.384 e. The molecule has 2 unspecified atom stereocenters. The van der Waals surface area contributed by atoms with E-state index in [2.05, 4.69) is 24.4 Å². The predicted molar refractivity (Wildman–Crippen MR) is 77.2 cm³/mol. The molecule has 0 aromatic heterocycles. The molecule has 0 aliphatic heterocycles. The second-order valence-corrected chi connectivity index (χ2v) is 5.84. The molecular formula is C14H23NO2S. The Morgan fingerprint density at radius 2 is 2.06 bits per heavy atom. The van der Waals surface area contributed by atoms with Crippen molar-refractivity contribution in [3.63, 3.8) is 0 Å². The summed E-state index contributed by atoms with van der Waals surface area (Å²) in [5.41, 5.74) is 1.21. The average Bonchev–Trinajstić information content (AvgIpc) is 2.42. The van der Waals surface area contributed by atoms with Crippen molar-refractivity contribution < 1.29 is 8.95 Å². The van der Waals surface area contributed by atoms with E-state index in [0.29, 0.717) is 18.1 Å². The molecule has 1 N–H and O–H groups in total. The third-order valence-electron chi connectivity index (χ3n) is 2.71. The van der Waals surface area contributed by atoms with Gasteiger partial charge in [0.15, 0.2) is 0 Å². The molecule has 0 radical (unpaired) electrons. The normalized spacial score (nSPS) is 14.3. The van der Waals surface area contributed by atoms with Crippen molar-refractivity contribution in [2.75, 3.05) is 31.8 Å². The summed E-state index contributed by atoms with van der Waals surface area (Å²) in [6.07, 6.45) is 1.08. The zero-order valence-corrected chi connectivity index (χ0v) is 12.0. The Morgan fingerprint density at radius 1 is 1.33 bits per heavy atom. The van der Waals surface area contributed by atoms with Crippen LogP contribution in [0.3, 0.4) is 0 Å². The van der Waals surface area contributed by atoms with Crippen LogP contribution in [0.15, 0.2) is 30.3 Å². The summed E-state index contributed by atoms with van der Waals surface area (Å²) in [4.78, 5) is 0. The SMILES string of the molecule is CCCNC(CS(=O)CCOC)c1ccccc1. The molecular weight excluding hydrogens is 246 g/mol. The Balaban J connectivity index is 2.58. The van der Waals surface area contributed by atoms with Gasteiger partial charge in [-0.05, 0) is 18.5 Å². The summed E-state index contributed by atoms with van der Waals surface area (Å²) in [7, 11) is 0.799. The maximum atomic E-state index is 11.9. The summed E-state index contributed by atoms with van der Waals surface area (Å²) < 4.78 is 16.9. The number of hydrogen-bond acceptors (Lipinski definition) is 3. The first-order valence-electron chi connectivity index (χ1n) is 6.40. The first-order chi connectivity index (χ1) is 8.77. The minimum atomic E-state index is -0.841. The van der Waals surface area contributed by atoms with Gasteiger partial charge >= 0.3 is 0 Å². The van der Waals surface area contributed by atoms with Crippen molar-refractivity contribution in [1.29, 1.82) is 0 Å². The van der Waals surface area contributed by atoms with E-state index in [1.165, 1.54) is 5.56 Å². The highest BCUT2D eigenvalue weighted by molar-refractivity contribution is 7.85. The molecule has 0 amide bonds. The molecule has 1 rings (SSSR count). The molecule has 0 saturated heterocycles. The number of hydrogen-bond donors (Lipinski definition) is 1. The van der Waals surface area contributed by atoms with Crippen molar-refractivity contribution in [2.45, 2.75) is 19.4 Å². The van der Waals surface area contributed by atoms with Gasteiger partial charge in [0.05, 0.1) is 6.61 Å². The van der Waals surface area contributed by atoms with E-state index in [-0.39, 0.29) is 6.04 Å². The highest BCUT2D eigenvalue weighted by atomic mass is 32.2. The lowest BCUT2D eigenvalue weighted by Gasteiger charge is -2.18. The smallest absolute Gasteiger partial charge is 0.0577 e. The summed E-state index contributed by atoms with van der Waals surface area (Å²) in [5, 5.41) is 3.46. The number of benzene rings is 1. The Bertz CT molecular complexity index is 343. The molecule has 0 saturated carbocycles. The summed E-state index contributed by atoms with van der Waals surface area (Å²) in [5.74, 6) is 1.25. The Kier molecular flexibility index (Phi) is 7.89. The molecule has 0 spiro atoms. The van der Waals surface area contributed by atoms with E-state index in [1.54, 1.807) is 7.11 Å². The van der Waals surface area contributed by atoms with Crippen LogP contribution in [0.5, 0.6) is 0 Å². The molecule has 2 atom stereocenters. The Labute approximate surface area is 112 Å². The van der Waals surface area contributed by atoms with Crippen LogP contribution in [0.2, 0.25) is 0 Å². The molecule has 0 aliphatic carbocycles. The monoisotopic (exact) mass is 269 g/mol. The summed E-state index contributed by atoms with van der Waals surface area (Å²) >= 11 is 0. The standard InChI is InChI=1S/C14H23NO2S/c1-3-9-15-14(12-18(16)11-10-17-2)13-7-5-4-6-8-13/h4-8,14-15H,3,9-12H2,1-2H3. The molecule has 0 fully saturated rings. The van der Waals surface area contributed by atoms with Crippen LogP contribution in [-0.2, 0) is 15.5 Å². The van der Waals surface area contributed by atoms with Crippen molar-refractivity contribution in [2.24, 2.45) is 0 Å². The topological polar surface area (TPSA) is 38.3 Å². The lowest BCUT2D eigenvalue weighted by atomic mass is 10.1. The van der Waals surface area contributed by atoms with Crippen LogP contribution in [-0.4, -0.2) is 36.0 Å². The molecule has 1 aromatic carbocycles. The van der Waals surface area contributed by atoms with Gasteiger partial charge in [-0.15, -0.1) is 0 Å². The van der Waals surface area contributed by atoms with Crippen LogP contribution in [0.1, 0.15) is 24.9 Å². The van der Waals surface area contributed by atoms with Gasteiger partial charge < -0.3 is 10.1 Å². The zero-order chi connectivity index (χ0) is 13.2. The fourth-order valence-electron chi connectivity index (χ4n) is 1.72. The van der Waals surface area contributed by atoms with Gasteiger partial charge in [0.1, 0.15) is 0 Å². The van der Waals surface area contributed by atoms with Gasteiger partial charge in [-0.3, -0.25) is 4.21 Å². The van der Waals surface area contributed by atoms with Crippen LogP contribution in [0, 0.1) is 0 Å². The third kappa shape index (κ3) is 5.76. The summed E-state index contributed by atoms with van der Waals surface area (Å²) in [6.45, 7) is 3.64. The van der Waals surface area contributed by atoms with E-state index >= 15 is 0 Å². The third-order valence-corrected chi connectivity index (χ3v) is 4.04. The molecule has 4 heteroatoms. The first-order valence-corrected chi connectivity index (χ1v) is 7.89. The molecule has 102 valence electrons. The quantitative estimate of drug-likeness (QED) is 0.746. The van der Waals surface area contributed by atoms with Crippen molar-refractivity contribution in [1.82, 2.24) is 5.32 Å². The highest BCUT2D eigenvalue weighted by Crippen LogP contribution is 2.14. The fourth-order valence-corrected chi connectivity index (χ4v) is 2.92. The van der Waals surface area contributed by atoms with Gasteiger partial charge in [0.2, 0.25) is 0 Å². The minimum absolute atomic E-state index is 0.170. The highest BCUT2D eigenvalue weighted by Gasteiger charge is 2.13. The van der Waals surface area contributed by atoms with Crippen LogP contribution in [0.4, 0.5) is 0 Å². The van der Waals surface area contributed by atoms with E-state index in [1.807, 2.05) is 18.2 Å². The average molecular weight is 269 g/mol. The predicted octanol–water partition coefficient (Wildman–Crippen LogP) is 2.12. The van der Waals surface area contributed by atoms with Crippen LogP contribution in [0.25, 0.3) is 0 Å². The maximum absolute atomic E-state index is 11.9. The van der Waals surface area contributed by atoms with Crippen molar-refractivity contribution in [3.05, 3.63) is 35.9 Å². The van der Waals surface area contributed by atoms with Gasteiger partial charge in [0.25, 0.3) is 0 Å².